The molecule has 0 saturated carbocycles. The van der Waals surface area contributed by atoms with Crippen LogP contribution in [0.25, 0.3) is 11.0 Å². The molecule has 10 nitrogen and oxygen atoms in total. The van der Waals surface area contributed by atoms with Crippen molar-refractivity contribution in [3.8, 4) is 11.5 Å². The summed E-state index contributed by atoms with van der Waals surface area (Å²) in [6.45, 7) is 7.57. The maximum atomic E-state index is 12.5. The molecule has 4 rings (SSSR count). The summed E-state index contributed by atoms with van der Waals surface area (Å²) < 4.78 is 17.8. The van der Waals surface area contributed by atoms with Crippen LogP contribution < -0.4 is 15.7 Å². The molecule has 2 heterocycles. The lowest BCUT2D eigenvalue weighted by Gasteiger charge is -2.67. The van der Waals surface area contributed by atoms with Crippen molar-refractivity contribution in [2.24, 2.45) is 0 Å². The van der Waals surface area contributed by atoms with Crippen molar-refractivity contribution in [3.63, 3.8) is 0 Å². The number of rotatable bonds is 5. The van der Waals surface area contributed by atoms with E-state index in [0.29, 0.717) is 23.8 Å². The third-order valence-corrected chi connectivity index (χ3v) is 8.99. The van der Waals surface area contributed by atoms with Crippen LogP contribution >= 0.6 is 0 Å². The molecule has 5 unspecified atom stereocenters. The highest BCUT2D eigenvalue weighted by Gasteiger charge is 2.74. The number of benzene rings is 1. The standard InChI is InChI=1S/C27H37NO9/c1-15(30)28-25(4)24(3,37-23(2,13-29)26(5,33)27(25,6)34)14-35-21-12-20-18(11-19(21)31)16-9-7-8-10-17(16)22(32)36-20/h11-12,29,31,33-34H,7-10,13-14H2,1-6H3,(H,28,30). The SMILES string of the molecule is CC(=O)NC1(C)C(C)(COc2cc3oc(=O)c4c(c3cc2O)CCCC4)OC(C)(CO)C(C)(O)C1(C)O. The molecule has 0 spiro atoms. The average molecular weight is 520 g/mol. The Bertz CT molecular complexity index is 1300. The third-order valence-electron chi connectivity index (χ3n) is 8.99. The van der Waals surface area contributed by atoms with Gasteiger partial charge in [0.1, 0.15) is 40.1 Å². The van der Waals surface area contributed by atoms with E-state index in [-0.39, 0.29) is 23.7 Å². The first-order valence-electron chi connectivity index (χ1n) is 12.5. The molecular formula is C27H37NO9. The fraction of sp³-hybridized carbons (Fsp3) is 0.630. The Morgan fingerprint density at radius 3 is 2.24 bits per heavy atom. The lowest BCUT2D eigenvalue weighted by atomic mass is 9.56. The molecule has 1 aromatic carbocycles. The van der Waals surface area contributed by atoms with Gasteiger partial charge in [0.2, 0.25) is 5.91 Å². The van der Waals surface area contributed by atoms with Crippen LogP contribution in [0, 0.1) is 0 Å². The fourth-order valence-electron chi connectivity index (χ4n) is 5.97. The van der Waals surface area contributed by atoms with Crippen molar-refractivity contribution in [3.05, 3.63) is 33.7 Å². The molecule has 1 saturated heterocycles. The summed E-state index contributed by atoms with van der Waals surface area (Å²) in [5.74, 6) is -0.663. The molecule has 0 radical (unpaired) electrons. The smallest absolute Gasteiger partial charge is 0.339 e. The molecule has 1 aliphatic heterocycles. The number of amides is 1. The number of nitrogens with one attached hydrogen (secondary N) is 1. The van der Waals surface area contributed by atoms with Gasteiger partial charge in [-0.2, -0.15) is 0 Å². The molecule has 2 aromatic rings. The van der Waals surface area contributed by atoms with Gasteiger partial charge < -0.3 is 39.6 Å². The van der Waals surface area contributed by atoms with Gasteiger partial charge in [0.15, 0.2) is 11.5 Å². The quantitative estimate of drug-likeness (QED) is 0.371. The van der Waals surface area contributed by atoms with Crippen LogP contribution in [0.2, 0.25) is 0 Å². The summed E-state index contributed by atoms with van der Waals surface area (Å²) in [6, 6.07) is 2.94. The zero-order valence-corrected chi connectivity index (χ0v) is 22.2. The number of aliphatic hydroxyl groups excluding tert-OH is 1. The fourth-order valence-corrected chi connectivity index (χ4v) is 5.97. The Hall–Kier alpha value is -2.66. The van der Waals surface area contributed by atoms with Crippen molar-refractivity contribution in [1.82, 2.24) is 5.32 Å². The summed E-state index contributed by atoms with van der Waals surface area (Å²) in [5.41, 5.74) is -7.44. The van der Waals surface area contributed by atoms with Crippen LogP contribution in [0.15, 0.2) is 21.3 Å². The Labute approximate surface area is 215 Å². The van der Waals surface area contributed by atoms with Crippen LogP contribution in [-0.2, 0) is 22.4 Å². The number of aliphatic hydroxyl groups is 3. The van der Waals surface area contributed by atoms with E-state index in [4.69, 9.17) is 13.9 Å². The number of ether oxygens (including phenoxy) is 2. The van der Waals surface area contributed by atoms with E-state index in [1.807, 2.05) is 0 Å². The van der Waals surface area contributed by atoms with Crippen molar-refractivity contribution < 1.29 is 39.1 Å². The highest BCUT2D eigenvalue weighted by molar-refractivity contribution is 5.85. The lowest BCUT2D eigenvalue weighted by Crippen LogP contribution is -2.88. The summed E-state index contributed by atoms with van der Waals surface area (Å²) in [5, 5.41) is 47.4. The molecule has 1 aliphatic carbocycles. The second kappa shape index (κ2) is 8.69. The molecule has 2 aliphatic rings. The van der Waals surface area contributed by atoms with E-state index in [9.17, 15) is 30.0 Å². The zero-order valence-electron chi connectivity index (χ0n) is 22.2. The molecule has 5 N–H and O–H groups in total. The summed E-state index contributed by atoms with van der Waals surface area (Å²) in [4.78, 5) is 24.8. The van der Waals surface area contributed by atoms with Gasteiger partial charge in [-0.1, -0.05) is 0 Å². The van der Waals surface area contributed by atoms with Gasteiger partial charge in [-0.15, -0.1) is 0 Å². The Morgan fingerprint density at radius 1 is 1.03 bits per heavy atom. The molecule has 1 fully saturated rings. The first-order valence-corrected chi connectivity index (χ1v) is 12.5. The number of hydrogen-bond acceptors (Lipinski definition) is 9. The summed E-state index contributed by atoms with van der Waals surface area (Å²) >= 11 is 0. The predicted octanol–water partition coefficient (Wildman–Crippen LogP) is 1.69. The van der Waals surface area contributed by atoms with E-state index in [1.54, 1.807) is 6.92 Å². The monoisotopic (exact) mass is 519 g/mol. The number of phenolic OH excluding ortho intramolecular Hbond substituents is 1. The maximum Gasteiger partial charge on any atom is 0.339 e. The van der Waals surface area contributed by atoms with Crippen LogP contribution in [0.1, 0.15) is 65.5 Å². The van der Waals surface area contributed by atoms with Crippen molar-refractivity contribution in [2.45, 2.75) is 95.2 Å². The van der Waals surface area contributed by atoms with Gasteiger partial charge in [-0.05, 0) is 71.9 Å². The molecule has 204 valence electrons. The van der Waals surface area contributed by atoms with Gasteiger partial charge >= 0.3 is 5.63 Å². The number of aryl methyl sites for hydroxylation is 1. The van der Waals surface area contributed by atoms with Crippen LogP contribution in [-0.4, -0.2) is 67.5 Å². The van der Waals surface area contributed by atoms with Gasteiger partial charge in [-0.3, -0.25) is 4.79 Å². The van der Waals surface area contributed by atoms with E-state index >= 15 is 0 Å². The second-order valence-electron chi connectivity index (χ2n) is 11.3. The first-order chi connectivity index (χ1) is 17.0. The summed E-state index contributed by atoms with van der Waals surface area (Å²) in [7, 11) is 0. The van der Waals surface area contributed by atoms with E-state index in [1.165, 1.54) is 46.8 Å². The van der Waals surface area contributed by atoms with Crippen molar-refractivity contribution in [2.75, 3.05) is 13.2 Å². The minimum atomic E-state index is -2.02. The van der Waals surface area contributed by atoms with Crippen LogP contribution in [0.3, 0.4) is 0 Å². The number of carbonyl (C=O) groups excluding carboxylic acids is 1. The normalized spacial score (nSPS) is 35.7. The van der Waals surface area contributed by atoms with Gasteiger partial charge in [-0.25, -0.2) is 4.79 Å². The molecule has 1 amide bonds. The third kappa shape index (κ3) is 3.84. The number of carbonyl (C=O) groups is 1. The Kier molecular flexibility index (Phi) is 6.43. The van der Waals surface area contributed by atoms with Gasteiger partial charge in [0, 0.05) is 23.9 Å². The van der Waals surface area contributed by atoms with E-state index < -0.39 is 46.1 Å². The lowest BCUT2D eigenvalue weighted by molar-refractivity contribution is -0.371. The second-order valence-corrected chi connectivity index (χ2v) is 11.3. The molecule has 5 atom stereocenters. The highest BCUT2D eigenvalue weighted by Crippen LogP contribution is 2.53. The maximum absolute atomic E-state index is 12.5. The molecule has 10 heteroatoms. The zero-order chi connectivity index (χ0) is 27.6. The van der Waals surface area contributed by atoms with E-state index in [0.717, 1.165) is 18.4 Å². The number of fused-ring (bicyclic) bond motifs is 3. The van der Waals surface area contributed by atoms with Crippen LogP contribution in [0.4, 0.5) is 0 Å². The number of hydrogen-bond donors (Lipinski definition) is 5. The Balaban J connectivity index is 1.77. The van der Waals surface area contributed by atoms with Gasteiger partial charge in [0.25, 0.3) is 0 Å². The number of aromatic hydroxyl groups is 1. The molecular weight excluding hydrogens is 482 g/mol. The van der Waals surface area contributed by atoms with Crippen molar-refractivity contribution in [1.29, 1.82) is 0 Å². The summed E-state index contributed by atoms with van der Waals surface area (Å²) in [6.07, 6.45) is 3.20. The largest absolute Gasteiger partial charge is 0.504 e. The minimum Gasteiger partial charge on any atom is -0.504 e. The average Bonchev–Trinajstić information content (AvgIpc) is 2.82. The topological polar surface area (TPSA) is 159 Å². The molecule has 37 heavy (non-hydrogen) atoms. The Morgan fingerprint density at radius 2 is 1.65 bits per heavy atom. The van der Waals surface area contributed by atoms with Gasteiger partial charge in [0.05, 0.1) is 6.61 Å². The molecule has 0 bridgehead atoms. The van der Waals surface area contributed by atoms with Crippen LogP contribution in [0.5, 0.6) is 11.5 Å². The first kappa shape index (κ1) is 27.4. The highest BCUT2D eigenvalue weighted by atomic mass is 16.6. The van der Waals surface area contributed by atoms with E-state index in [2.05, 4.69) is 5.32 Å². The molecule has 1 aromatic heterocycles. The predicted molar refractivity (Wildman–Crippen MR) is 135 cm³/mol. The number of phenols is 1. The van der Waals surface area contributed by atoms with Crippen molar-refractivity contribution >= 4 is 16.9 Å². The minimum absolute atomic E-state index is 0.00378.